The molecule has 4 aromatic rings. The average molecular weight is 409 g/mol. The second kappa shape index (κ2) is 10.2. The Balaban J connectivity index is 1.52. The van der Waals surface area contributed by atoms with Gasteiger partial charge in [0.1, 0.15) is 5.82 Å². The fraction of sp³-hybridized carbons (Fsp3) is 0. The van der Waals surface area contributed by atoms with Gasteiger partial charge in [0.2, 0.25) is 5.95 Å². The summed E-state index contributed by atoms with van der Waals surface area (Å²) >= 11 is 0. The predicted molar refractivity (Wildman–Crippen MR) is 123 cm³/mol. The van der Waals surface area contributed by atoms with Crippen molar-refractivity contribution in [3.8, 4) is 0 Å². The van der Waals surface area contributed by atoms with Crippen LogP contribution < -0.4 is 16.2 Å². The zero-order valence-electron chi connectivity index (χ0n) is 16.4. The Morgan fingerprint density at radius 2 is 1.32 bits per heavy atom. The van der Waals surface area contributed by atoms with Gasteiger partial charge in [0, 0.05) is 47.7 Å². The Morgan fingerprint density at radius 3 is 1.97 bits per heavy atom. The van der Waals surface area contributed by atoms with E-state index < -0.39 is 0 Å². The molecule has 9 nitrogen and oxygen atoms in total. The summed E-state index contributed by atoms with van der Waals surface area (Å²) in [6.07, 6.45) is 10.1. The first-order valence-corrected chi connectivity index (χ1v) is 9.44. The minimum absolute atomic E-state index is 0.306. The molecule has 0 saturated heterocycles. The Bertz CT molecular complexity index is 1080. The highest BCUT2D eigenvalue weighted by Gasteiger charge is 2.05. The minimum atomic E-state index is 0.306. The van der Waals surface area contributed by atoms with Gasteiger partial charge in [-0.05, 0) is 24.3 Å². The Morgan fingerprint density at radius 1 is 0.677 bits per heavy atom. The number of para-hydroxylation sites is 1. The smallest absolute Gasteiger partial charge is 0.247 e. The number of pyridine rings is 2. The molecule has 0 aliphatic carbocycles. The number of nitrogens with one attached hydrogen (secondary N) is 3. The molecule has 3 heterocycles. The van der Waals surface area contributed by atoms with Crippen molar-refractivity contribution in [1.82, 2.24) is 19.9 Å². The molecule has 9 heteroatoms. The third-order valence-electron chi connectivity index (χ3n) is 3.91. The molecule has 3 aromatic heterocycles. The predicted octanol–water partition coefficient (Wildman–Crippen LogP) is 3.90. The summed E-state index contributed by atoms with van der Waals surface area (Å²) in [4.78, 5) is 17.0. The van der Waals surface area contributed by atoms with Gasteiger partial charge < -0.3 is 5.32 Å². The highest BCUT2D eigenvalue weighted by Crippen LogP contribution is 2.19. The largest absolute Gasteiger partial charge is 0.340 e. The molecule has 0 bridgehead atoms. The van der Waals surface area contributed by atoms with Crippen LogP contribution in [0, 0.1) is 0 Å². The van der Waals surface area contributed by atoms with Crippen LogP contribution in [0.4, 0.5) is 23.3 Å². The zero-order chi connectivity index (χ0) is 21.1. The fourth-order valence-electron chi connectivity index (χ4n) is 2.53. The first kappa shape index (κ1) is 19.6. The Hall–Kier alpha value is -4.66. The molecule has 0 fully saturated rings. The molecular weight excluding hydrogens is 390 g/mol. The number of aromatic nitrogens is 4. The van der Waals surface area contributed by atoms with Crippen molar-refractivity contribution in [2.45, 2.75) is 0 Å². The molecule has 0 aliphatic heterocycles. The highest BCUT2D eigenvalue weighted by molar-refractivity contribution is 5.80. The molecule has 0 saturated carbocycles. The first-order chi connectivity index (χ1) is 15.3. The Kier molecular flexibility index (Phi) is 6.47. The summed E-state index contributed by atoms with van der Waals surface area (Å²) in [6, 6.07) is 19.0. The number of hydrogen-bond acceptors (Lipinski definition) is 9. The number of anilines is 4. The molecule has 0 amide bonds. The summed E-state index contributed by atoms with van der Waals surface area (Å²) in [5.74, 6) is 1.38. The van der Waals surface area contributed by atoms with Gasteiger partial charge in [-0.1, -0.05) is 30.3 Å². The van der Waals surface area contributed by atoms with Crippen LogP contribution >= 0.6 is 0 Å². The lowest BCUT2D eigenvalue weighted by Crippen LogP contribution is -2.04. The van der Waals surface area contributed by atoms with Crippen molar-refractivity contribution < 1.29 is 0 Å². The summed E-state index contributed by atoms with van der Waals surface area (Å²) in [7, 11) is 0. The van der Waals surface area contributed by atoms with Crippen LogP contribution in [-0.4, -0.2) is 32.4 Å². The molecule has 0 spiro atoms. The maximum absolute atomic E-state index is 4.46. The lowest BCUT2D eigenvalue weighted by Gasteiger charge is -2.09. The van der Waals surface area contributed by atoms with E-state index >= 15 is 0 Å². The summed E-state index contributed by atoms with van der Waals surface area (Å²) in [6.45, 7) is 0. The third kappa shape index (κ3) is 6.16. The maximum atomic E-state index is 4.46. The monoisotopic (exact) mass is 409 g/mol. The molecule has 0 aliphatic rings. The summed E-state index contributed by atoms with van der Waals surface area (Å²) in [5, 5.41) is 11.7. The van der Waals surface area contributed by atoms with Crippen molar-refractivity contribution in [3.05, 3.63) is 96.6 Å². The van der Waals surface area contributed by atoms with Gasteiger partial charge in [-0.2, -0.15) is 20.2 Å². The van der Waals surface area contributed by atoms with Crippen LogP contribution in [0.25, 0.3) is 0 Å². The average Bonchev–Trinajstić information content (AvgIpc) is 2.81. The minimum Gasteiger partial charge on any atom is -0.340 e. The van der Waals surface area contributed by atoms with Gasteiger partial charge in [0.25, 0.3) is 0 Å². The molecule has 152 valence electrons. The van der Waals surface area contributed by atoms with E-state index in [1.54, 1.807) is 43.3 Å². The van der Waals surface area contributed by atoms with Crippen LogP contribution in [0.15, 0.2) is 95.7 Å². The van der Waals surface area contributed by atoms with E-state index in [9.17, 15) is 0 Å². The lowest BCUT2D eigenvalue weighted by atomic mass is 10.3. The van der Waals surface area contributed by atoms with Crippen molar-refractivity contribution in [3.63, 3.8) is 0 Å². The number of benzene rings is 1. The van der Waals surface area contributed by atoms with Crippen molar-refractivity contribution in [2.75, 3.05) is 16.2 Å². The molecule has 31 heavy (non-hydrogen) atoms. The van der Waals surface area contributed by atoms with Crippen molar-refractivity contribution in [2.24, 2.45) is 10.2 Å². The SMILES string of the molecule is C(=NNc1cc(Nc2ccccc2)nc(NN=Cc2cccnc2)n1)c1cccnc1. The third-order valence-corrected chi connectivity index (χ3v) is 3.91. The van der Waals surface area contributed by atoms with Crippen LogP contribution in [-0.2, 0) is 0 Å². The van der Waals surface area contributed by atoms with Gasteiger partial charge in [-0.25, -0.2) is 5.43 Å². The van der Waals surface area contributed by atoms with E-state index in [0.29, 0.717) is 17.6 Å². The molecule has 3 N–H and O–H groups in total. The van der Waals surface area contributed by atoms with Gasteiger partial charge >= 0.3 is 0 Å². The van der Waals surface area contributed by atoms with Crippen LogP contribution in [0.2, 0.25) is 0 Å². The van der Waals surface area contributed by atoms with Gasteiger partial charge in [0.05, 0.1) is 12.4 Å². The summed E-state index contributed by atoms with van der Waals surface area (Å²) < 4.78 is 0. The summed E-state index contributed by atoms with van der Waals surface area (Å²) in [5.41, 5.74) is 8.38. The van der Waals surface area contributed by atoms with E-state index in [0.717, 1.165) is 16.8 Å². The molecule has 4 rings (SSSR count). The van der Waals surface area contributed by atoms with Gasteiger partial charge in [0.15, 0.2) is 5.82 Å². The van der Waals surface area contributed by atoms with Crippen molar-refractivity contribution in [1.29, 1.82) is 0 Å². The fourth-order valence-corrected chi connectivity index (χ4v) is 2.53. The quantitative estimate of drug-likeness (QED) is 0.299. The van der Waals surface area contributed by atoms with E-state index in [-0.39, 0.29) is 0 Å². The topological polar surface area (TPSA) is 112 Å². The molecule has 0 unspecified atom stereocenters. The maximum Gasteiger partial charge on any atom is 0.247 e. The number of rotatable bonds is 8. The highest BCUT2D eigenvalue weighted by atomic mass is 15.4. The lowest BCUT2D eigenvalue weighted by molar-refractivity contribution is 1.10. The van der Waals surface area contributed by atoms with Gasteiger partial charge in [-0.3, -0.25) is 15.4 Å². The van der Waals surface area contributed by atoms with E-state index in [1.165, 1.54) is 0 Å². The molecule has 1 aromatic carbocycles. The zero-order valence-corrected chi connectivity index (χ0v) is 16.4. The van der Waals surface area contributed by atoms with Crippen LogP contribution in [0.1, 0.15) is 11.1 Å². The van der Waals surface area contributed by atoms with E-state index in [1.807, 2.05) is 54.6 Å². The van der Waals surface area contributed by atoms with E-state index in [4.69, 9.17) is 0 Å². The number of hydrazone groups is 2. The number of hydrogen-bond donors (Lipinski definition) is 3. The number of nitrogens with zero attached hydrogens (tertiary/aromatic N) is 6. The van der Waals surface area contributed by atoms with E-state index in [2.05, 4.69) is 46.3 Å². The molecular formula is C22H19N9. The second-order valence-corrected chi connectivity index (χ2v) is 6.27. The standard InChI is InChI=1S/C22H19N9/c1-2-8-19(9-3-1)27-20-12-21(30-25-15-17-6-4-10-23-13-17)29-22(28-20)31-26-16-18-7-5-11-24-14-18/h1-16H,(H3,27,28,29,30,31). The van der Waals surface area contributed by atoms with Crippen LogP contribution in [0.3, 0.4) is 0 Å². The van der Waals surface area contributed by atoms with Crippen molar-refractivity contribution >= 4 is 35.7 Å². The normalized spacial score (nSPS) is 11.0. The van der Waals surface area contributed by atoms with Crippen LogP contribution in [0.5, 0.6) is 0 Å². The molecule has 0 atom stereocenters. The Labute approximate surface area is 179 Å². The molecule has 0 radical (unpaired) electrons. The second-order valence-electron chi connectivity index (χ2n) is 6.27. The first-order valence-electron chi connectivity index (χ1n) is 9.44. The van der Waals surface area contributed by atoms with Gasteiger partial charge in [-0.15, -0.1) is 0 Å².